The fourth-order valence-electron chi connectivity index (χ4n) is 3.65. The Kier molecular flexibility index (Phi) is 4.60. The summed E-state index contributed by atoms with van der Waals surface area (Å²) in [7, 11) is 4.27. The first kappa shape index (κ1) is 16.7. The molecule has 136 valence electrons. The van der Waals surface area contributed by atoms with Crippen molar-refractivity contribution in [3.8, 4) is 0 Å². The Balaban J connectivity index is 1.31. The van der Waals surface area contributed by atoms with E-state index in [1.807, 2.05) is 6.20 Å². The highest BCUT2D eigenvalue weighted by molar-refractivity contribution is 5.08. The zero-order valence-corrected chi connectivity index (χ0v) is 15.5. The van der Waals surface area contributed by atoms with E-state index in [0.717, 1.165) is 50.1 Å². The Morgan fingerprint density at radius 2 is 2.12 bits per heavy atom. The molecule has 2 aromatic heterocycles. The van der Waals surface area contributed by atoms with E-state index in [1.165, 1.54) is 25.1 Å². The van der Waals surface area contributed by atoms with Crippen LogP contribution < -0.4 is 0 Å². The molecule has 0 radical (unpaired) electrons. The highest BCUT2D eigenvalue weighted by atomic mass is 16.4. The monoisotopic (exact) mass is 344 g/mol. The lowest BCUT2D eigenvalue weighted by atomic mass is 10.2. The molecule has 25 heavy (non-hydrogen) atoms. The Labute approximate surface area is 149 Å². The van der Waals surface area contributed by atoms with Crippen LogP contribution in [-0.2, 0) is 26.6 Å². The van der Waals surface area contributed by atoms with Gasteiger partial charge in [-0.1, -0.05) is 6.92 Å². The molecule has 1 aliphatic heterocycles. The largest absolute Gasteiger partial charge is 0.444 e. The van der Waals surface area contributed by atoms with E-state index >= 15 is 0 Å². The van der Waals surface area contributed by atoms with Gasteiger partial charge in [-0.25, -0.2) is 4.98 Å². The van der Waals surface area contributed by atoms with Gasteiger partial charge in [-0.15, -0.1) is 10.2 Å². The van der Waals surface area contributed by atoms with Gasteiger partial charge in [-0.05, 0) is 26.3 Å². The zero-order valence-electron chi connectivity index (χ0n) is 15.5. The number of aromatic nitrogens is 4. The molecule has 0 spiro atoms. The lowest BCUT2D eigenvalue weighted by Crippen LogP contribution is -2.34. The van der Waals surface area contributed by atoms with E-state index in [4.69, 9.17) is 4.42 Å². The molecule has 1 saturated carbocycles. The highest BCUT2D eigenvalue weighted by Gasteiger charge is 2.31. The van der Waals surface area contributed by atoms with Crippen molar-refractivity contribution < 1.29 is 4.42 Å². The molecular formula is C18H28N6O. The molecule has 2 fully saturated rings. The minimum absolute atomic E-state index is 0.535. The van der Waals surface area contributed by atoms with Gasteiger partial charge < -0.3 is 8.98 Å². The average molecular weight is 344 g/mol. The van der Waals surface area contributed by atoms with E-state index in [0.29, 0.717) is 12.0 Å². The molecule has 2 aliphatic rings. The van der Waals surface area contributed by atoms with Gasteiger partial charge in [0.15, 0.2) is 0 Å². The van der Waals surface area contributed by atoms with Crippen molar-refractivity contribution in [3.63, 3.8) is 0 Å². The van der Waals surface area contributed by atoms with Crippen LogP contribution >= 0.6 is 0 Å². The number of likely N-dealkylation sites (N-methyl/N-ethyl adjacent to an activating group) is 1. The van der Waals surface area contributed by atoms with Crippen molar-refractivity contribution in [2.45, 2.75) is 57.7 Å². The standard InChI is InChI=1S/C18H28N6O/c1-4-15-9-19-17(25-15)12-22(2)14-7-8-24(10-14)11-16-20-21-18(23(16)3)13-5-6-13/h9,13-14H,4-8,10-12H2,1-3H3. The van der Waals surface area contributed by atoms with Crippen molar-refractivity contribution in [1.29, 1.82) is 0 Å². The van der Waals surface area contributed by atoms with Gasteiger partial charge in [0.1, 0.15) is 17.4 Å². The quantitative estimate of drug-likeness (QED) is 0.765. The topological polar surface area (TPSA) is 63.2 Å². The number of aryl methyl sites for hydroxylation is 1. The molecule has 0 bridgehead atoms. The first-order valence-corrected chi connectivity index (χ1v) is 9.38. The zero-order chi connectivity index (χ0) is 17.4. The molecular weight excluding hydrogens is 316 g/mol. The molecule has 7 nitrogen and oxygen atoms in total. The van der Waals surface area contributed by atoms with Crippen molar-refractivity contribution in [3.05, 3.63) is 29.5 Å². The van der Waals surface area contributed by atoms with E-state index in [-0.39, 0.29) is 0 Å². The fourth-order valence-corrected chi connectivity index (χ4v) is 3.65. The maximum absolute atomic E-state index is 5.74. The van der Waals surface area contributed by atoms with Crippen LogP contribution in [0.15, 0.2) is 10.6 Å². The highest BCUT2D eigenvalue weighted by Crippen LogP contribution is 2.38. The summed E-state index contributed by atoms with van der Waals surface area (Å²) in [6, 6.07) is 0.535. The molecule has 4 rings (SSSR count). The van der Waals surface area contributed by atoms with Crippen molar-refractivity contribution in [2.24, 2.45) is 7.05 Å². The van der Waals surface area contributed by atoms with Crippen molar-refractivity contribution >= 4 is 0 Å². The van der Waals surface area contributed by atoms with Gasteiger partial charge in [-0.3, -0.25) is 9.80 Å². The second-order valence-corrected chi connectivity index (χ2v) is 7.47. The van der Waals surface area contributed by atoms with Crippen LogP contribution in [0.3, 0.4) is 0 Å². The van der Waals surface area contributed by atoms with Gasteiger partial charge in [0.25, 0.3) is 0 Å². The summed E-state index contributed by atoms with van der Waals surface area (Å²) in [5.41, 5.74) is 0. The molecule has 1 unspecified atom stereocenters. The summed E-state index contributed by atoms with van der Waals surface area (Å²) < 4.78 is 7.95. The summed E-state index contributed by atoms with van der Waals surface area (Å²) in [5.74, 6) is 4.69. The Morgan fingerprint density at radius 1 is 1.28 bits per heavy atom. The smallest absolute Gasteiger partial charge is 0.208 e. The maximum atomic E-state index is 5.74. The minimum atomic E-state index is 0.535. The van der Waals surface area contributed by atoms with E-state index in [2.05, 4.69) is 50.6 Å². The first-order chi connectivity index (χ1) is 12.1. The average Bonchev–Trinajstić information content (AvgIpc) is 3.02. The molecule has 0 N–H and O–H groups in total. The Hall–Kier alpha value is -1.73. The number of hydrogen-bond donors (Lipinski definition) is 0. The van der Waals surface area contributed by atoms with Crippen LogP contribution in [-0.4, -0.2) is 55.7 Å². The van der Waals surface area contributed by atoms with Gasteiger partial charge >= 0.3 is 0 Å². The number of oxazole rings is 1. The van der Waals surface area contributed by atoms with E-state index < -0.39 is 0 Å². The second-order valence-electron chi connectivity index (χ2n) is 7.47. The second kappa shape index (κ2) is 6.88. The lowest BCUT2D eigenvalue weighted by molar-refractivity contribution is 0.202. The van der Waals surface area contributed by atoms with Gasteiger partial charge in [0, 0.05) is 38.5 Å². The number of hydrogen-bond acceptors (Lipinski definition) is 6. The predicted molar refractivity (Wildman–Crippen MR) is 94.0 cm³/mol. The molecule has 0 amide bonds. The molecule has 2 aromatic rings. The maximum Gasteiger partial charge on any atom is 0.208 e. The predicted octanol–water partition coefficient (Wildman–Crippen LogP) is 1.95. The summed E-state index contributed by atoms with van der Waals surface area (Å²) >= 11 is 0. The summed E-state index contributed by atoms with van der Waals surface area (Å²) in [4.78, 5) is 9.22. The molecule has 1 atom stereocenters. The van der Waals surface area contributed by atoms with Gasteiger partial charge in [0.05, 0.1) is 19.3 Å². The molecule has 1 aliphatic carbocycles. The Bertz CT molecular complexity index is 719. The van der Waals surface area contributed by atoms with Crippen LogP contribution in [0.25, 0.3) is 0 Å². The fraction of sp³-hybridized carbons (Fsp3) is 0.722. The number of nitrogens with zero attached hydrogens (tertiary/aromatic N) is 6. The van der Waals surface area contributed by atoms with Gasteiger partial charge in [-0.2, -0.15) is 0 Å². The third kappa shape index (κ3) is 3.62. The van der Waals surface area contributed by atoms with Gasteiger partial charge in [0.2, 0.25) is 5.89 Å². The van der Waals surface area contributed by atoms with E-state index in [1.54, 1.807) is 0 Å². The summed E-state index contributed by atoms with van der Waals surface area (Å²) in [5, 5.41) is 8.82. The van der Waals surface area contributed by atoms with Crippen LogP contribution in [0.1, 0.15) is 55.4 Å². The molecule has 1 saturated heterocycles. The number of likely N-dealkylation sites (tertiary alicyclic amines) is 1. The summed E-state index contributed by atoms with van der Waals surface area (Å²) in [6.45, 7) is 5.91. The normalized spacial score (nSPS) is 21.5. The lowest BCUT2D eigenvalue weighted by Gasteiger charge is -2.23. The van der Waals surface area contributed by atoms with E-state index in [9.17, 15) is 0 Å². The SMILES string of the molecule is CCc1cnc(CN(C)C2CCN(Cc3nnc(C4CC4)n3C)C2)o1. The van der Waals surface area contributed by atoms with Crippen LogP contribution in [0.4, 0.5) is 0 Å². The van der Waals surface area contributed by atoms with Crippen molar-refractivity contribution in [2.75, 3.05) is 20.1 Å². The molecule has 0 aromatic carbocycles. The van der Waals surface area contributed by atoms with Crippen LogP contribution in [0, 0.1) is 0 Å². The molecule has 7 heteroatoms. The third-order valence-electron chi connectivity index (χ3n) is 5.51. The number of rotatable bonds is 7. The molecule has 3 heterocycles. The Morgan fingerprint density at radius 3 is 2.84 bits per heavy atom. The summed E-state index contributed by atoms with van der Waals surface area (Å²) in [6.07, 6.45) is 6.45. The third-order valence-corrected chi connectivity index (χ3v) is 5.51. The minimum Gasteiger partial charge on any atom is -0.444 e. The van der Waals surface area contributed by atoms with Crippen LogP contribution in [0.5, 0.6) is 0 Å². The first-order valence-electron chi connectivity index (χ1n) is 9.38. The van der Waals surface area contributed by atoms with Crippen LogP contribution in [0.2, 0.25) is 0 Å². The van der Waals surface area contributed by atoms with Crippen molar-refractivity contribution in [1.82, 2.24) is 29.5 Å².